The Morgan fingerprint density at radius 1 is 1.60 bits per heavy atom. The molecular weight excluding hydrogens is 196 g/mol. The lowest BCUT2D eigenvalue weighted by molar-refractivity contribution is -0.137. The van der Waals surface area contributed by atoms with Crippen LogP contribution in [0.25, 0.3) is 0 Å². The summed E-state index contributed by atoms with van der Waals surface area (Å²) in [6, 6.07) is 3.10. The second-order valence-corrected chi connectivity index (χ2v) is 3.30. The summed E-state index contributed by atoms with van der Waals surface area (Å²) in [5, 5.41) is 33.0. The molecule has 0 aromatic carbocycles. The van der Waals surface area contributed by atoms with E-state index in [1.54, 1.807) is 6.92 Å². The highest BCUT2D eigenvalue weighted by Crippen LogP contribution is 2.17. The van der Waals surface area contributed by atoms with Crippen molar-refractivity contribution in [2.24, 2.45) is 10.2 Å². The summed E-state index contributed by atoms with van der Waals surface area (Å²) in [6.07, 6.45) is -0.0650. The third kappa shape index (κ3) is 5.37. The molecular formula is C9H12N4O2. The summed E-state index contributed by atoms with van der Waals surface area (Å²) < 4.78 is 0. The van der Waals surface area contributed by atoms with E-state index in [-0.39, 0.29) is 12.8 Å². The van der Waals surface area contributed by atoms with E-state index in [9.17, 15) is 4.79 Å². The van der Waals surface area contributed by atoms with Gasteiger partial charge in [0.05, 0.1) is 12.1 Å². The van der Waals surface area contributed by atoms with Gasteiger partial charge in [0, 0.05) is 6.42 Å². The first-order valence-electron chi connectivity index (χ1n) is 4.38. The maximum atomic E-state index is 10.3. The maximum absolute atomic E-state index is 10.3. The Labute approximate surface area is 87.8 Å². The third-order valence-corrected chi connectivity index (χ3v) is 1.71. The fourth-order valence-corrected chi connectivity index (χ4v) is 0.718. The molecule has 6 heteroatoms. The molecule has 0 aliphatic heterocycles. The fraction of sp³-hybridized carbons (Fsp3) is 0.667. The Morgan fingerprint density at radius 3 is 2.60 bits per heavy atom. The van der Waals surface area contributed by atoms with Gasteiger partial charge in [0.1, 0.15) is 0 Å². The van der Waals surface area contributed by atoms with Crippen molar-refractivity contribution in [3.8, 4) is 12.1 Å². The van der Waals surface area contributed by atoms with Crippen molar-refractivity contribution < 1.29 is 9.90 Å². The molecule has 0 aromatic heterocycles. The van der Waals surface area contributed by atoms with Crippen LogP contribution in [0.5, 0.6) is 0 Å². The number of nitrogens with zero attached hydrogens (tertiary/aromatic N) is 4. The van der Waals surface area contributed by atoms with Gasteiger partial charge in [-0.15, -0.1) is 0 Å². The van der Waals surface area contributed by atoms with E-state index in [1.807, 2.05) is 12.1 Å². The molecule has 0 bridgehead atoms. The molecule has 0 spiro atoms. The molecule has 0 heterocycles. The number of carboxylic acid groups (broad SMARTS) is 1. The van der Waals surface area contributed by atoms with Gasteiger partial charge in [-0.2, -0.15) is 20.8 Å². The predicted molar refractivity (Wildman–Crippen MR) is 50.8 cm³/mol. The first-order valence-corrected chi connectivity index (χ1v) is 4.38. The molecule has 0 saturated carbocycles. The number of nitriles is 2. The average Bonchev–Trinajstić information content (AvgIpc) is 2.23. The molecule has 0 aliphatic rings. The molecule has 6 nitrogen and oxygen atoms in total. The number of aliphatic carboxylic acids is 1. The molecule has 2 atom stereocenters. The lowest BCUT2D eigenvalue weighted by atomic mass is 9.99. The Hall–Kier alpha value is -1.95. The summed E-state index contributed by atoms with van der Waals surface area (Å²) in [6.45, 7) is 3.03. The third-order valence-electron chi connectivity index (χ3n) is 1.71. The lowest BCUT2D eigenvalue weighted by Crippen LogP contribution is -2.20. The summed E-state index contributed by atoms with van der Waals surface area (Å²) in [4.78, 5) is 10.3. The molecule has 0 radical (unpaired) electrons. The summed E-state index contributed by atoms with van der Waals surface area (Å²) in [7, 11) is 0. The van der Waals surface area contributed by atoms with Crippen molar-refractivity contribution in [2.75, 3.05) is 0 Å². The van der Waals surface area contributed by atoms with E-state index in [2.05, 4.69) is 10.2 Å². The van der Waals surface area contributed by atoms with Gasteiger partial charge in [0.25, 0.3) is 0 Å². The number of hydrogen-bond acceptors (Lipinski definition) is 5. The van der Waals surface area contributed by atoms with E-state index in [4.69, 9.17) is 15.6 Å². The van der Waals surface area contributed by atoms with Gasteiger partial charge < -0.3 is 5.11 Å². The van der Waals surface area contributed by atoms with Crippen molar-refractivity contribution in [3.63, 3.8) is 0 Å². The minimum absolute atomic E-state index is 0.0838. The second kappa shape index (κ2) is 5.71. The highest BCUT2D eigenvalue weighted by Gasteiger charge is 2.24. The standard InChI is InChI=1S/C9H12N4O2/c1-7(5-10)12-13-9(2,6-11)4-3-8(14)15/h7H,3-4H2,1-2H3,(H,14,15). The molecule has 2 unspecified atom stereocenters. The average molecular weight is 208 g/mol. The zero-order chi connectivity index (χ0) is 11.9. The van der Waals surface area contributed by atoms with E-state index in [0.29, 0.717) is 0 Å². The Kier molecular flexibility index (Phi) is 4.97. The van der Waals surface area contributed by atoms with Crippen molar-refractivity contribution in [3.05, 3.63) is 0 Å². The minimum Gasteiger partial charge on any atom is -0.481 e. The van der Waals surface area contributed by atoms with Crippen LogP contribution in [0.4, 0.5) is 0 Å². The van der Waals surface area contributed by atoms with Gasteiger partial charge in [-0.05, 0) is 20.3 Å². The molecule has 80 valence electrons. The van der Waals surface area contributed by atoms with Gasteiger partial charge in [-0.1, -0.05) is 0 Å². The van der Waals surface area contributed by atoms with Crippen molar-refractivity contribution in [1.82, 2.24) is 0 Å². The van der Waals surface area contributed by atoms with E-state index in [1.165, 1.54) is 6.92 Å². The minimum atomic E-state index is -1.16. The fourth-order valence-electron chi connectivity index (χ4n) is 0.718. The van der Waals surface area contributed by atoms with Crippen LogP contribution >= 0.6 is 0 Å². The Morgan fingerprint density at radius 2 is 2.20 bits per heavy atom. The molecule has 1 N–H and O–H groups in total. The van der Waals surface area contributed by atoms with Gasteiger partial charge >= 0.3 is 5.97 Å². The van der Waals surface area contributed by atoms with Crippen LogP contribution in [0.1, 0.15) is 26.7 Å². The normalized spacial score (nSPS) is 16.3. The van der Waals surface area contributed by atoms with Crippen LogP contribution in [-0.2, 0) is 4.79 Å². The van der Waals surface area contributed by atoms with Crippen LogP contribution in [-0.4, -0.2) is 22.7 Å². The van der Waals surface area contributed by atoms with Gasteiger partial charge in [0.2, 0.25) is 0 Å². The Bertz CT molecular complexity index is 339. The van der Waals surface area contributed by atoms with Crippen molar-refractivity contribution in [1.29, 1.82) is 10.5 Å². The number of hydrogen-bond donors (Lipinski definition) is 1. The van der Waals surface area contributed by atoms with Gasteiger partial charge in [-0.3, -0.25) is 4.79 Å². The molecule has 0 aliphatic carbocycles. The van der Waals surface area contributed by atoms with Crippen LogP contribution in [0.3, 0.4) is 0 Å². The van der Waals surface area contributed by atoms with Crippen molar-refractivity contribution >= 4 is 5.97 Å². The number of rotatable bonds is 5. The van der Waals surface area contributed by atoms with Crippen LogP contribution < -0.4 is 0 Å². The predicted octanol–water partition coefficient (Wildman–Crippen LogP) is 1.50. The van der Waals surface area contributed by atoms with E-state index < -0.39 is 17.6 Å². The smallest absolute Gasteiger partial charge is 0.303 e. The first kappa shape index (κ1) is 13.1. The van der Waals surface area contributed by atoms with E-state index in [0.717, 1.165) is 0 Å². The summed E-state index contributed by atoms with van der Waals surface area (Å²) in [5.74, 6) is -0.986. The number of carbonyl (C=O) groups is 1. The van der Waals surface area contributed by atoms with E-state index >= 15 is 0 Å². The SMILES string of the molecule is CC(C#N)N=NC(C)(C#N)CCC(=O)O. The number of carboxylic acids is 1. The van der Waals surface area contributed by atoms with Crippen LogP contribution in [0.15, 0.2) is 10.2 Å². The van der Waals surface area contributed by atoms with Crippen LogP contribution in [0, 0.1) is 22.7 Å². The van der Waals surface area contributed by atoms with Gasteiger partial charge in [-0.25, -0.2) is 0 Å². The second-order valence-electron chi connectivity index (χ2n) is 3.30. The zero-order valence-corrected chi connectivity index (χ0v) is 8.64. The zero-order valence-electron chi connectivity index (χ0n) is 8.64. The van der Waals surface area contributed by atoms with Gasteiger partial charge in [0.15, 0.2) is 11.6 Å². The quantitative estimate of drug-likeness (QED) is 0.690. The monoisotopic (exact) mass is 208 g/mol. The number of azo groups is 1. The molecule has 0 aromatic rings. The highest BCUT2D eigenvalue weighted by atomic mass is 16.4. The summed E-state index contributed by atoms with van der Waals surface area (Å²) in [5.41, 5.74) is -1.16. The van der Waals surface area contributed by atoms with Crippen LogP contribution in [0.2, 0.25) is 0 Å². The topological polar surface area (TPSA) is 110 Å². The molecule has 0 rings (SSSR count). The molecule has 0 fully saturated rings. The molecule has 0 amide bonds. The first-order chi connectivity index (χ1) is 6.93. The maximum Gasteiger partial charge on any atom is 0.303 e. The lowest BCUT2D eigenvalue weighted by Gasteiger charge is -2.13. The summed E-state index contributed by atoms with van der Waals surface area (Å²) >= 11 is 0. The van der Waals surface area contributed by atoms with Crippen molar-refractivity contribution in [2.45, 2.75) is 38.3 Å². The Balaban J connectivity index is 4.46. The largest absolute Gasteiger partial charge is 0.481 e. The molecule has 0 saturated heterocycles. The highest BCUT2D eigenvalue weighted by molar-refractivity contribution is 5.66. The molecule has 15 heavy (non-hydrogen) atoms.